The quantitative estimate of drug-likeness (QED) is 0.597. The van der Waals surface area contributed by atoms with E-state index in [1.807, 2.05) is 24.6 Å². The van der Waals surface area contributed by atoms with Crippen molar-refractivity contribution < 1.29 is 9.18 Å². The van der Waals surface area contributed by atoms with Gasteiger partial charge in [-0.1, -0.05) is 11.6 Å². The molecule has 0 saturated heterocycles. The highest BCUT2D eigenvalue weighted by atomic mass is 35.5. The summed E-state index contributed by atoms with van der Waals surface area (Å²) in [7, 11) is 0. The van der Waals surface area contributed by atoms with Crippen LogP contribution in [0.5, 0.6) is 0 Å². The van der Waals surface area contributed by atoms with Crippen molar-refractivity contribution in [1.29, 1.82) is 5.26 Å². The number of nitrogens with one attached hydrogen (secondary N) is 1. The minimum atomic E-state index is -0.685. The van der Waals surface area contributed by atoms with Crippen LogP contribution in [-0.2, 0) is 17.8 Å². The van der Waals surface area contributed by atoms with Crippen LogP contribution in [0.15, 0.2) is 30.6 Å². The Morgan fingerprint density at radius 2 is 2.10 bits per heavy atom. The van der Waals surface area contributed by atoms with E-state index in [0.29, 0.717) is 17.8 Å². The van der Waals surface area contributed by atoms with Crippen LogP contribution in [0.1, 0.15) is 43.9 Å². The number of hydrogen-bond donors (Lipinski definition) is 1. The van der Waals surface area contributed by atoms with E-state index in [2.05, 4.69) is 29.2 Å². The average Bonchev–Trinajstić information content (AvgIpc) is 3.27. The highest BCUT2D eigenvalue weighted by Crippen LogP contribution is 2.26. The fraction of sp³-hybridized carbons (Fsp3) is 0.364. The molecule has 3 rings (SSSR count). The molecule has 0 spiro atoms. The highest BCUT2D eigenvalue weighted by molar-refractivity contribution is 6.32. The fourth-order valence-electron chi connectivity index (χ4n) is 3.42. The molecule has 0 unspecified atom stereocenters. The number of hydrogen-bond acceptors (Lipinski definition) is 4. The summed E-state index contributed by atoms with van der Waals surface area (Å²) in [4.78, 5) is 16.8. The third-order valence-electron chi connectivity index (χ3n) is 4.82. The van der Waals surface area contributed by atoms with Crippen LogP contribution in [0.25, 0.3) is 11.3 Å². The van der Waals surface area contributed by atoms with Gasteiger partial charge in [0.15, 0.2) is 0 Å². The Kier molecular flexibility index (Phi) is 6.76. The highest BCUT2D eigenvalue weighted by Gasteiger charge is 2.15. The van der Waals surface area contributed by atoms with Crippen LogP contribution in [0.2, 0.25) is 5.02 Å². The van der Waals surface area contributed by atoms with Crippen LogP contribution in [0, 0.1) is 24.1 Å². The molecule has 0 fully saturated rings. The molecule has 0 saturated carbocycles. The number of imidazole rings is 1. The number of carbonyl (C=O) groups excluding carboxylic acids is 1. The summed E-state index contributed by atoms with van der Waals surface area (Å²) < 4.78 is 17.7. The third-order valence-corrected chi connectivity index (χ3v) is 5.12. The van der Waals surface area contributed by atoms with Crippen molar-refractivity contribution in [3.05, 3.63) is 58.5 Å². The SMILES string of the molecule is Cc1nc(CC(=O)N[C@@H](C)Cn2ccc(-c3cc(F)c(C#N)c(Cl)c3)n2)cn1C(C)C. The van der Waals surface area contributed by atoms with Gasteiger partial charge in [-0.3, -0.25) is 9.48 Å². The predicted octanol–water partition coefficient (Wildman–Crippen LogP) is 4.05. The predicted molar refractivity (Wildman–Crippen MR) is 116 cm³/mol. The maximum atomic E-state index is 14.0. The lowest BCUT2D eigenvalue weighted by atomic mass is 10.1. The second-order valence-electron chi connectivity index (χ2n) is 7.78. The van der Waals surface area contributed by atoms with E-state index in [4.69, 9.17) is 16.9 Å². The number of amides is 1. The molecule has 1 N–H and O–H groups in total. The summed E-state index contributed by atoms with van der Waals surface area (Å²) in [6, 6.07) is 6.34. The first kappa shape index (κ1) is 22.5. The van der Waals surface area contributed by atoms with Gasteiger partial charge in [0, 0.05) is 30.0 Å². The Labute approximate surface area is 185 Å². The molecule has 3 aromatic rings. The van der Waals surface area contributed by atoms with Crippen molar-refractivity contribution in [2.45, 2.75) is 52.7 Å². The molecule has 0 aliphatic rings. The van der Waals surface area contributed by atoms with Crippen molar-refractivity contribution in [3.8, 4) is 17.3 Å². The van der Waals surface area contributed by atoms with Gasteiger partial charge < -0.3 is 9.88 Å². The lowest BCUT2D eigenvalue weighted by molar-refractivity contribution is -0.121. The summed E-state index contributed by atoms with van der Waals surface area (Å²) in [5, 5.41) is 16.4. The van der Waals surface area contributed by atoms with E-state index < -0.39 is 5.82 Å². The third kappa shape index (κ3) is 5.30. The summed E-state index contributed by atoms with van der Waals surface area (Å²) in [6.45, 7) is 8.39. The van der Waals surface area contributed by atoms with Gasteiger partial charge in [-0.25, -0.2) is 9.37 Å². The number of carbonyl (C=O) groups is 1. The van der Waals surface area contributed by atoms with E-state index >= 15 is 0 Å². The van der Waals surface area contributed by atoms with Gasteiger partial charge in [0.05, 0.1) is 29.4 Å². The first-order valence-electron chi connectivity index (χ1n) is 9.94. The Morgan fingerprint density at radius 3 is 2.71 bits per heavy atom. The molecule has 2 aromatic heterocycles. The Morgan fingerprint density at radius 1 is 1.35 bits per heavy atom. The second-order valence-corrected chi connectivity index (χ2v) is 8.18. The summed E-state index contributed by atoms with van der Waals surface area (Å²) in [5.74, 6) is 0.0822. The zero-order valence-corrected chi connectivity index (χ0v) is 18.6. The molecule has 1 atom stereocenters. The van der Waals surface area contributed by atoms with E-state index in [9.17, 15) is 9.18 Å². The fourth-order valence-corrected chi connectivity index (χ4v) is 3.67. The van der Waals surface area contributed by atoms with E-state index in [1.54, 1.807) is 23.0 Å². The number of nitrogens with zero attached hydrogens (tertiary/aromatic N) is 5. The maximum Gasteiger partial charge on any atom is 0.226 e. The molecule has 0 aliphatic heterocycles. The van der Waals surface area contributed by atoms with Crippen LogP contribution >= 0.6 is 11.6 Å². The van der Waals surface area contributed by atoms with Gasteiger partial charge in [-0.15, -0.1) is 0 Å². The Balaban J connectivity index is 1.61. The zero-order valence-electron chi connectivity index (χ0n) is 17.9. The van der Waals surface area contributed by atoms with E-state index in [0.717, 1.165) is 11.5 Å². The molecular weight excluding hydrogens is 419 g/mol. The van der Waals surface area contributed by atoms with Crippen LogP contribution in [0.4, 0.5) is 4.39 Å². The Hall–Kier alpha value is -3.18. The van der Waals surface area contributed by atoms with Crippen molar-refractivity contribution in [3.63, 3.8) is 0 Å². The standard InChI is InChI=1S/C22H24ClFN6O/c1-13(2)30-12-17(27-15(30)4)9-22(31)26-14(3)11-29-6-5-21(28-29)16-7-19(23)18(10-25)20(24)8-16/h5-8,12-14H,9,11H2,1-4H3,(H,26,31)/t14-/m0/s1. The van der Waals surface area contributed by atoms with Crippen molar-refractivity contribution >= 4 is 17.5 Å². The summed E-state index contributed by atoms with van der Waals surface area (Å²) in [5.41, 5.74) is 1.55. The summed E-state index contributed by atoms with van der Waals surface area (Å²) in [6.07, 6.45) is 3.86. The molecule has 0 radical (unpaired) electrons. The van der Waals surface area contributed by atoms with Gasteiger partial charge in [0.25, 0.3) is 0 Å². The van der Waals surface area contributed by atoms with Gasteiger partial charge in [-0.05, 0) is 45.9 Å². The van der Waals surface area contributed by atoms with Gasteiger partial charge in [0.1, 0.15) is 23.3 Å². The molecule has 0 bridgehead atoms. The zero-order chi connectivity index (χ0) is 22.7. The van der Waals surface area contributed by atoms with Crippen molar-refractivity contribution in [2.75, 3.05) is 0 Å². The lowest BCUT2D eigenvalue weighted by Gasteiger charge is -2.13. The number of aromatic nitrogens is 4. The molecular formula is C22H24ClFN6O. The van der Waals surface area contributed by atoms with E-state index in [-0.39, 0.29) is 35.0 Å². The molecule has 1 amide bonds. The number of nitriles is 1. The van der Waals surface area contributed by atoms with Gasteiger partial charge in [0.2, 0.25) is 5.91 Å². The average molecular weight is 443 g/mol. The molecule has 162 valence electrons. The van der Waals surface area contributed by atoms with Crippen LogP contribution in [0.3, 0.4) is 0 Å². The van der Waals surface area contributed by atoms with Crippen molar-refractivity contribution in [2.24, 2.45) is 0 Å². The largest absolute Gasteiger partial charge is 0.351 e. The molecule has 2 heterocycles. The van der Waals surface area contributed by atoms with E-state index in [1.165, 1.54) is 12.1 Å². The molecule has 7 nitrogen and oxygen atoms in total. The maximum absolute atomic E-state index is 14.0. The van der Waals surface area contributed by atoms with Gasteiger partial charge >= 0.3 is 0 Å². The normalized spacial score (nSPS) is 12.1. The van der Waals surface area contributed by atoms with Crippen LogP contribution in [-0.4, -0.2) is 31.3 Å². The topological polar surface area (TPSA) is 88.5 Å². The number of halogens is 2. The Bertz CT molecular complexity index is 1120. The van der Waals surface area contributed by atoms with Crippen LogP contribution < -0.4 is 5.32 Å². The summed E-state index contributed by atoms with van der Waals surface area (Å²) >= 11 is 5.98. The molecule has 1 aromatic carbocycles. The molecule has 0 aliphatic carbocycles. The second kappa shape index (κ2) is 9.31. The first-order valence-corrected chi connectivity index (χ1v) is 10.3. The number of benzene rings is 1. The minimum absolute atomic E-state index is 0.0443. The smallest absolute Gasteiger partial charge is 0.226 e. The minimum Gasteiger partial charge on any atom is -0.351 e. The molecule has 9 heteroatoms. The monoisotopic (exact) mass is 442 g/mol. The number of aryl methyl sites for hydroxylation is 1. The first-order chi connectivity index (χ1) is 14.7. The number of rotatable bonds is 7. The lowest BCUT2D eigenvalue weighted by Crippen LogP contribution is -2.36. The van der Waals surface area contributed by atoms with Gasteiger partial charge in [-0.2, -0.15) is 10.4 Å². The molecule has 31 heavy (non-hydrogen) atoms. The van der Waals surface area contributed by atoms with Crippen molar-refractivity contribution in [1.82, 2.24) is 24.6 Å².